The van der Waals surface area contributed by atoms with Gasteiger partial charge in [-0.25, -0.2) is 0 Å². The molecule has 3 rings (SSSR count). The van der Waals surface area contributed by atoms with Crippen molar-refractivity contribution >= 4 is 28.7 Å². The Labute approximate surface area is 109 Å². The number of ketones is 1. The van der Waals surface area contributed by atoms with Gasteiger partial charge in [-0.1, -0.05) is 23.7 Å². The molecule has 1 aromatic carbocycles. The fourth-order valence-corrected chi connectivity index (χ4v) is 3.62. The normalized spacial score (nSPS) is 13.7. The molecule has 0 N–H and O–H groups in total. The number of fused-ring (bicyclic) bond motifs is 1. The number of hydrogen-bond donors (Lipinski definition) is 0. The summed E-state index contributed by atoms with van der Waals surface area (Å²) < 4.78 is 0. The van der Waals surface area contributed by atoms with Crippen molar-refractivity contribution in [2.24, 2.45) is 0 Å². The van der Waals surface area contributed by atoms with E-state index in [1.807, 2.05) is 12.1 Å². The van der Waals surface area contributed by atoms with Crippen LogP contribution in [-0.4, -0.2) is 5.78 Å². The predicted octanol–water partition coefficient (Wildman–Crippen LogP) is 4.12. The average Bonchev–Trinajstić information content (AvgIpc) is 2.88. The molecule has 86 valence electrons. The number of aryl methyl sites for hydroxylation is 2. The van der Waals surface area contributed by atoms with E-state index in [1.165, 1.54) is 16.9 Å². The van der Waals surface area contributed by atoms with Crippen molar-refractivity contribution in [2.45, 2.75) is 19.3 Å². The number of benzene rings is 1. The maximum Gasteiger partial charge on any atom is 0.203 e. The number of carbonyl (C=O) groups is 1. The van der Waals surface area contributed by atoms with E-state index in [2.05, 4.69) is 6.07 Å². The average molecular weight is 263 g/mol. The van der Waals surface area contributed by atoms with Crippen molar-refractivity contribution in [3.8, 4) is 0 Å². The zero-order valence-corrected chi connectivity index (χ0v) is 10.8. The molecule has 0 aliphatic heterocycles. The van der Waals surface area contributed by atoms with E-state index in [1.54, 1.807) is 23.5 Å². The molecule has 0 saturated heterocycles. The minimum Gasteiger partial charge on any atom is -0.288 e. The second kappa shape index (κ2) is 4.28. The maximum atomic E-state index is 12.3. The molecule has 17 heavy (non-hydrogen) atoms. The molecule has 1 nitrogen and oxygen atoms in total. The van der Waals surface area contributed by atoms with E-state index in [9.17, 15) is 4.79 Å². The molecule has 1 aromatic heterocycles. The zero-order valence-electron chi connectivity index (χ0n) is 9.20. The summed E-state index contributed by atoms with van der Waals surface area (Å²) in [7, 11) is 0. The van der Waals surface area contributed by atoms with Gasteiger partial charge in [-0.15, -0.1) is 11.3 Å². The first kappa shape index (κ1) is 11.0. The summed E-state index contributed by atoms with van der Waals surface area (Å²) >= 11 is 7.54. The van der Waals surface area contributed by atoms with Gasteiger partial charge in [-0.3, -0.25) is 4.79 Å². The lowest BCUT2D eigenvalue weighted by Crippen LogP contribution is -1.98. The van der Waals surface area contributed by atoms with Crippen LogP contribution >= 0.6 is 22.9 Å². The van der Waals surface area contributed by atoms with Crippen molar-refractivity contribution < 1.29 is 4.79 Å². The lowest BCUT2D eigenvalue weighted by molar-refractivity contribution is 0.104. The minimum absolute atomic E-state index is 0.0897. The van der Waals surface area contributed by atoms with Crippen molar-refractivity contribution in [2.75, 3.05) is 0 Å². The van der Waals surface area contributed by atoms with Crippen molar-refractivity contribution in [1.29, 1.82) is 0 Å². The Morgan fingerprint density at radius 2 is 2.12 bits per heavy atom. The van der Waals surface area contributed by atoms with Gasteiger partial charge in [0.05, 0.1) is 4.88 Å². The van der Waals surface area contributed by atoms with Crippen LogP contribution in [0.5, 0.6) is 0 Å². The molecule has 2 aromatic rings. The second-order valence-electron chi connectivity index (χ2n) is 4.25. The monoisotopic (exact) mass is 262 g/mol. The number of hydrogen-bond acceptors (Lipinski definition) is 2. The molecule has 0 spiro atoms. The number of rotatable bonds is 2. The highest BCUT2D eigenvalue weighted by atomic mass is 35.5. The Morgan fingerprint density at radius 1 is 1.24 bits per heavy atom. The Bertz CT molecular complexity index is 564. The molecule has 0 unspecified atom stereocenters. The van der Waals surface area contributed by atoms with E-state index in [0.717, 1.165) is 17.7 Å². The van der Waals surface area contributed by atoms with E-state index in [-0.39, 0.29) is 5.78 Å². The van der Waals surface area contributed by atoms with Gasteiger partial charge >= 0.3 is 0 Å². The molecule has 1 heterocycles. The van der Waals surface area contributed by atoms with Gasteiger partial charge in [-0.05, 0) is 43.0 Å². The van der Waals surface area contributed by atoms with Crippen LogP contribution < -0.4 is 0 Å². The lowest BCUT2D eigenvalue weighted by atomic mass is 10.1. The van der Waals surface area contributed by atoms with E-state index < -0.39 is 0 Å². The zero-order chi connectivity index (χ0) is 11.8. The van der Waals surface area contributed by atoms with E-state index in [4.69, 9.17) is 11.6 Å². The highest BCUT2D eigenvalue weighted by Crippen LogP contribution is 2.32. The van der Waals surface area contributed by atoms with Crippen LogP contribution in [0.25, 0.3) is 0 Å². The van der Waals surface area contributed by atoms with Crippen molar-refractivity contribution in [3.63, 3.8) is 0 Å². The third-order valence-electron chi connectivity index (χ3n) is 3.06. The van der Waals surface area contributed by atoms with Crippen molar-refractivity contribution in [3.05, 3.63) is 56.2 Å². The van der Waals surface area contributed by atoms with E-state index in [0.29, 0.717) is 10.6 Å². The fourth-order valence-electron chi connectivity index (χ4n) is 2.21. The standard InChI is InChI=1S/C14H11ClOS/c15-11-5-1-4-10(7-11)14(16)13-8-9-3-2-6-12(9)17-13/h1,4-5,7-8H,2-3,6H2. The highest BCUT2D eigenvalue weighted by Gasteiger charge is 2.19. The molecule has 0 bridgehead atoms. The van der Waals surface area contributed by atoms with Crippen LogP contribution in [0.1, 0.15) is 32.1 Å². The summed E-state index contributed by atoms with van der Waals surface area (Å²) in [5.74, 6) is 0.0897. The van der Waals surface area contributed by atoms with Gasteiger partial charge < -0.3 is 0 Å². The lowest BCUT2D eigenvalue weighted by Gasteiger charge is -1.98. The number of thiophene rings is 1. The summed E-state index contributed by atoms with van der Waals surface area (Å²) in [6.07, 6.45) is 3.48. The molecule has 3 heteroatoms. The van der Waals surface area contributed by atoms with E-state index >= 15 is 0 Å². The Balaban J connectivity index is 1.96. The third-order valence-corrected chi connectivity index (χ3v) is 4.53. The first-order valence-corrected chi connectivity index (χ1v) is 6.85. The molecule has 0 amide bonds. The van der Waals surface area contributed by atoms with Gasteiger partial charge in [0.25, 0.3) is 0 Å². The summed E-state index contributed by atoms with van der Waals surface area (Å²) in [5.41, 5.74) is 2.04. The van der Waals surface area contributed by atoms with Gasteiger partial charge in [0, 0.05) is 15.5 Å². The van der Waals surface area contributed by atoms with Gasteiger partial charge in [-0.2, -0.15) is 0 Å². The molecule has 0 radical (unpaired) electrons. The summed E-state index contributed by atoms with van der Waals surface area (Å²) in [5, 5.41) is 0.611. The van der Waals surface area contributed by atoms with Gasteiger partial charge in [0.2, 0.25) is 5.78 Å². The quantitative estimate of drug-likeness (QED) is 0.744. The summed E-state index contributed by atoms with van der Waals surface area (Å²) in [6, 6.07) is 9.20. The Morgan fingerprint density at radius 3 is 2.88 bits per heavy atom. The maximum absolute atomic E-state index is 12.3. The molecule has 0 fully saturated rings. The second-order valence-corrected chi connectivity index (χ2v) is 5.83. The molecule has 0 saturated carbocycles. The third kappa shape index (κ3) is 2.03. The summed E-state index contributed by atoms with van der Waals surface area (Å²) in [4.78, 5) is 14.5. The molecule has 0 atom stereocenters. The summed E-state index contributed by atoms with van der Waals surface area (Å²) in [6.45, 7) is 0. The van der Waals surface area contributed by atoms with Crippen LogP contribution in [0, 0.1) is 0 Å². The SMILES string of the molecule is O=C(c1cccc(Cl)c1)c1cc2c(s1)CCC2. The Hall–Kier alpha value is -1.12. The minimum atomic E-state index is 0.0897. The number of carbonyl (C=O) groups excluding carboxylic acids is 1. The van der Waals surface area contributed by atoms with Crippen LogP contribution in [0.3, 0.4) is 0 Å². The van der Waals surface area contributed by atoms with Crippen LogP contribution in [0.15, 0.2) is 30.3 Å². The van der Waals surface area contributed by atoms with Crippen LogP contribution in [0.4, 0.5) is 0 Å². The Kier molecular flexibility index (Phi) is 2.77. The van der Waals surface area contributed by atoms with Gasteiger partial charge in [0.15, 0.2) is 0 Å². The topological polar surface area (TPSA) is 17.1 Å². The first-order chi connectivity index (χ1) is 8.24. The molecule has 1 aliphatic rings. The number of halogens is 1. The fraction of sp³-hybridized carbons (Fsp3) is 0.214. The van der Waals surface area contributed by atoms with Gasteiger partial charge in [0.1, 0.15) is 0 Å². The molecular formula is C14H11ClOS. The van der Waals surface area contributed by atoms with Crippen LogP contribution in [0.2, 0.25) is 5.02 Å². The van der Waals surface area contributed by atoms with Crippen molar-refractivity contribution in [1.82, 2.24) is 0 Å². The first-order valence-electron chi connectivity index (χ1n) is 5.66. The smallest absolute Gasteiger partial charge is 0.203 e. The van der Waals surface area contributed by atoms with Crippen LogP contribution in [-0.2, 0) is 12.8 Å². The highest BCUT2D eigenvalue weighted by molar-refractivity contribution is 7.14. The molecular weight excluding hydrogens is 252 g/mol. The largest absolute Gasteiger partial charge is 0.288 e. The molecule has 1 aliphatic carbocycles. The predicted molar refractivity (Wildman–Crippen MR) is 71.2 cm³/mol.